The van der Waals surface area contributed by atoms with Crippen LogP contribution in [0.4, 0.5) is 0 Å². The molecule has 1 aromatic carbocycles. The van der Waals surface area contributed by atoms with E-state index in [4.69, 9.17) is 14.2 Å². The number of hydrogen-bond acceptors (Lipinski definition) is 5. The third-order valence-corrected chi connectivity index (χ3v) is 4.03. The molecule has 1 saturated heterocycles. The summed E-state index contributed by atoms with van der Waals surface area (Å²) >= 11 is 0. The predicted octanol–water partition coefficient (Wildman–Crippen LogP) is 2.28. The van der Waals surface area contributed by atoms with E-state index in [1.807, 2.05) is 0 Å². The molecule has 0 bridgehead atoms. The molecule has 5 nitrogen and oxygen atoms in total. The van der Waals surface area contributed by atoms with Gasteiger partial charge in [-0.3, -0.25) is 0 Å². The maximum Gasteiger partial charge on any atom is 0.132 e. The number of benzene rings is 1. The van der Waals surface area contributed by atoms with E-state index in [2.05, 4.69) is 5.32 Å². The molecule has 2 atom stereocenters. The zero-order valence-corrected chi connectivity index (χ0v) is 13.0. The van der Waals surface area contributed by atoms with Crippen molar-refractivity contribution in [2.45, 2.75) is 37.8 Å². The van der Waals surface area contributed by atoms with E-state index < -0.39 is 6.10 Å². The van der Waals surface area contributed by atoms with Gasteiger partial charge in [0.1, 0.15) is 23.4 Å². The van der Waals surface area contributed by atoms with Crippen molar-refractivity contribution >= 4 is 0 Å². The quantitative estimate of drug-likeness (QED) is 0.872. The van der Waals surface area contributed by atoms with E-state index in [0.29, 0.717) is 22.8 Å². The molecule has 1 aromatic rings. The molecule has 1 aliphatic rings. The molecule has 1 heterocycles. The summed E-state index contributed by atoms with van der Waals surface area (Å²) in [6.45, 7) is 0.933. The largest absolute Gasteiger partial charge is 0.496 e. The van der Waals surface area contributed by atoms with Gasteiger partial charge in [0.25, 0.3) is 0 Å². The molecule has 2 unspecified atom stereocenters. The van der Waals surface area contributed by atoms with Gasteiger partial charge < -0.3 is 24.6 Å². The molecular formula is C16H25NO4. The van der Waals surface area contributed by atoms with Crippen LogP contribution in [-0.2, 0) is 0 Å². The van der Waals surface area contributed by atoms with Crippen molar-refractivity contribution in [1.82, 2.24) is 5.32 Å². The Morgan fingerprint density at radius 3 is 2.29 bits per heavy atom. The molecule has 0 amide bonds. The van der Waals surface area contributed by atoms with Crippen LogP contribution in [0.3, 0.4) is 0 Å². The monoisotopic (exact) mass is 295 g/mol. The summed E-state index contributed by atoms with van der Waals surface area (Å²) in [7, 11) is 4.77. The zero-order chi connectivity index (χ0) is 15.2. The smallest absolute Gasteiger partial charge is 0.132 e. The molecule has 21 heavy (non-hydrogen) atoms. The highest BCUT2D eigenvalue weighted by Crippen LogP contribution is 2.40. The Bertz CT molecular complexity index is 431. The fraction of sp³-hybridized carbons (Fsp3) is 0.625. The second kappa shape index (κ2) is 7.52. The van der Waals surface area contributed by atoms with Gasteiger partial charge in [-0.05, 0) is 19.4 Å². The first-order valence-electron chi connectivity index (χ1n) is 7.42. The predicted molar refractivity (Wildman–Crippen MR) is 81.3 cm³/mol. The van der Waals surface area contributed by atoms with Gasteiger partial charge in [0, 0.05) is 18.2 Å². The SMILES string of the molecule is COc1cc(OC)c(C(O)C2CCCCCN2)c(OC)c1. The van der Waals surface area contributed by atoms with E-state index >= 15 is 0 Å². The van der Waals surface area contributed by atoms with Crippen LogP contribution in [0.1, 0.15) is 37.4 Å². The third-order valence-electron chi connectivity index (χ3n) is 4.03. The molecule has 118 valence electrons. The van der Waals surface area contributed by atoms with Crippen molar-refractivity contribution in [2.24, 2.45) is 0 Å². The number of hydrogen-bond donors (Lipinski definition) is 2. The molecule has 0 aliphatic carbocycles. The van der Waals surface area contributed by atoms with Crippen molar-refractivity contribution < 1.29 is 19.3 Å². The average Bonchev–Trinajstić information content (AvgIpc) is 2.81. The average molecular weight is 295 g/mol. The minimum Gasteiger partial charge on any atom is -0.496 e. The van der Waals surface area contributed by atoms with Gasteiger partial charge in [-0.1, -0.05) is 12.8 Å². The Balaban J connectivity index is 2.35. The van der Waals surface area contributed by atoms with Crippen LogP contribution >= 0.6 is 0 Å². The Morgan fingerprint density at radius 1 is 1.05 bits per heavy atom. The van der Waals surface area contributed by atoms with Crippen LogP contribution in [0.25, 0.3) is 0 Å². The third kappa shape index (κ3) is 3.60. The summed E-state index contributed by atoms with van der Waals surface area (Å²) in [6.07, 6.45) is 3.75. The van der Waals surface area contributed by atoms with E-state index in [1.165, 1.54) is 6.42 Å². The Morgan fingerprint density at radius 2 is 1.71 bits per heavy atom. The standard InChI is InChI=1S/C16H25NO4/c1-19-11-9-13(20-2)15(14(10-11)21-3)16(18)12-7-5-4-6-8-17-12/h9-10,12,16-18H,4-8H2,1-3H3. The van der Waals surface area contributed by atoms with Crippen LogP contribution in [0.5, 0.6) is 17.2 Å². The molecule has 2 rings (SSSR count). The van der Waals surface area contributed by atoms with Gasteiger partial charge in [-0.15, -0.1) is 0 Å². The summed E-state index contributed by atoms with van der Waals surface area (Å²) in [5, 5.41) is 14.2. The van der Waals surface area contributed by atoms with Crippen molar-refractivity contribution in [1.29, 1.82) is 0 Å². The number of nitrogens with one attached hydrogen (secondary N) is 1. The van der Waals surface area contributed by atoms with Crippen LogP contribution in [0.15, 0.2) is 12.1 Å². The highest BCUT2D eigenvalue weighted by Gasteiger charge is 2.28. The number of methoxy groups -OCH3 is 3. The topological polar surface area (TPSA) is 60.0 Å². The number of aliphatic hydroxyl groups excluding tert-OH is 1. The highest BCUT2D eigenvalue weighted by molar-refractivity contribution is 5.52. The number of aliphatic hydroxyl groups is 1. The van der Waals surface area contributed by atoms with Crippen LogP contribution < -0.4 is 19.5 Å². The summed E-state index contributed by atoms with van der Waals surface area (Å²) in [4.78, 5) is 0. The second-order valence-electron chi connectivity index (χ2n) is 5.30. The fourth-order valence-electron chi connectivity index (χ4n) is 2.85. The van der Waals surface area contributed by atoms with Crippen molar-refractivity contribution in [3.8, 4) is 17.2 Å². The first-order chi connectivity index (χ1) is 10.2. The lowest BCUT2D eigenvalue weighted by molar-refractivity contribution is 0.120. The Labute approximate surface area is 126 Å². The molecule has 0 aromatic heterocycles. The first kappa shape index (κ1) is 15.9. The van der Waals surface area contributed by atoms with Gasteiger partial charge in [0.2, 0.25) is 0 Å². The first-order valence-corrected chi connectivity index (χ1v) is 7.42. The van der Waals surface area contributed by atoms with Crippen LogP contribution in [0, 0.1) is 0 Å². The van der Waals surface area contributed by atoms with Gasteiger partial charge in [-0.25, -0.2) is 0 Å². The fourth-order valence-corrected chi connectivity index (χ4v) is 2.85. The molecule has 0 spiro atoms. The van der Waals surface area contributed by atoms with Crippen molar-refractivity contribution in [2.75, 3.05) is 27.9 Å². The number of ether oxygens (including phenoxy) is 3. The molecule has 0 radical (unpaired) electrons. The van der Waals surface area contributed by atoms with Gasteiger partial charge in [0.05, 0.1) is 26.9 Å². The lowest BCUT2D eigenvalue weighted by Gasteiger charge is -2.26. The highest BCUT2D eigenvalue weighted by atomic mass is 16.5. The summed E-state index contributed by atoms with van der Waals surface area (Å²) < 4.78 is 16.1. The lowest BCUT2D eigenvalue weighted by atomic mass is 9.96. The summed E-state index contributed by atoms with van der Waals surface area (Å²) in [6, 6.07) is 3.57. The molecule has 0 saturated carbocycles. The number of rotatable bonds is 5. The van der Waals surface area contributed by atoms with Gasteiger partial charge >= 0.3 is 0 Å². The van der Waals surface area contributed by atoms with Crippen molar-refractivity contribution in [3.05, 3.63) is 17.7 Å². The van der Waals surface area contributed by atoms with E-state index in [9.17, 15) is 5.11 Å². The van der Waals surface area contributed by atoms with Gasteiger partial charge in [-0.2, -0.15) is 0 Å². The second-order valence-corrected chi connectivity index (χ2v) is 5.30. The lowest BCUT2D eigenvalue weighted by Crippen LogP contribution is -2.34. The minimum atomic E-state index is -0.668. The Hall–Kier alpha value is -1.46. The van der Waals surface area contributed by atoms with Gasteiger partial charge in [0.15, 0.2) is 0 Å². The maximum absolute atomic E-state index is 10.8. The summed E-state index contributed by atoms with van der Waals surface area (Å²) in [5.41, 5.74) is 0.681. The van der Waals surface area contributed by atoms with E-state index in [1.54, 1.807) is 33.5 Å². The molecular weight excluding hydrogens is 270 g/mol. The Kier molecular flexibility index (Phi) is 5.70. The molecule has 5 heteroatoms. The summed E-state index contributed by atoms with van der Waals surface area (Å²) in [5.74, 6) is 1.82. The molecule has 1 aliphatic heterocycles. The zero-order valence-electron chi connectivity index (χ0n) is 13.0. The van der Waals surface area contributed by atoms with Crippen LogP contribution in [-0.4, -0.2) is 39.0 Å². The van der Waals surface area contributed by atoms with Crippen LogP contribution in [0.2, 0.25) is 0 Å². The maximum atomic E-state index is 10.8. The molecule has 1 fully saturated rings. The minimum absolute atomic E-state index is 0.0173. The molecule has 2 N–H and O–H groups in total. The van der Waals surface area contributed by atoms with E-state index in [0.717, 1.165) is 25.8 Å². The van der Waals surface area contributed by atoms with E-state index in [-0.39, 0.29) is 6.04 Å². The normalized spacial score (nSPS) is 20.5. The van der Waals surface area contributed by atoms with Crippen molar-refractivity contribution in [3.63, 3.8) is 0 Å².